The fraction of sp³-hybridized carbons (Fsp3) is 0.625. The fourth-order valence-corrected chi connectivity index (χ4v) is 3.23. The van der Waals surface area contributed by atoms with Gasteiger partial charge in [0.2, 0.25) is 0 Å². The molecule has 1 aromatic carbocycles. The number of hydrogen-bond donors (Lipinski definition) is 1. The molecule has 1 saturated heterocycles. The Labute approximate surface area is 137 Å². The van der Waals surface area contributed by atoms with Gasteiger partial charge in [-0.15, -0.1) is 0 Å². The molecule has 2 rings (SSSR count). The second-order valence-electron chi connectivity index (χ2n) is 5.86. The van der Waals surface area contributed by atoms with E-state index < -0.39 is 0 Å². The van der Waals surface area contributed by atoms with Crippen LogP contribution in [0, 0.1) is 5.92 Å². The molecular weight excluding hydrogens is 307 g/mol. The van der Waals surface area contributed by atoms with Gasteiger partial charge in [-0.3, -0.25) is 0 Å². The Balaban J connectivity index is 1.80. The van der Waals surface area contributed by atoms with Crippen LogP contribution in [0.3, 0.4) is 0 Å². The largest absolute Gasteiger partial charge is 0.381 e. The van der Waals surface area contributed by atoms with Crippen LogP contribution >= 0.6 is 23.2 Å². The number of hydrogen-bond acceptors (Lipinski definition) is 3. The van der Waals surface area contributed by atoms with Crippen LogP contribution in [0.1, 0.15) is 30.9 Å². The van der Waals surface area contributed by atoms with Crippen molar-refractivity contribution in [3.63, 3.8) is 0 Å². The molecule has 1 heterocycles. The first-order valence-electron chi connectivity index (χ1n) is 7.53. The Morgan fingerprint density at radius 3 is 2.76 bits per heavy atom. The summed E-state index contributed by atoms with van der Waals surface area (Å²) in [6, 6.07) is 5.57. The number of ether oxygens (including phenoxy) is 1. The lowest BCUT2D eigenvalue weighted by molar-refractivity contribution is 0.0554. The minimum absolute atomic E-state index is 0.0756. The van der Waals surface area contributed by atoms with Crippen molar-refractivity contribution in [2.75, 3.05) is 33.4 Å². The maximum atomic E-state index is 6.26. The molecule has 1 aliphatic heterocycles. The molecule has 0 aliphatic carbocycles. The van der Waals surface area contributed by atoms with Gasteiger partial charge < -0.3 is 15.4 Å². The number of nitrogens with zero attached hydrogens (tertiary/aromatic N) is 1. The van der Waals surface area contributed by atoms with E-state index in [1.807, 2.05) is 12.1 Å². The van der Waals surface area contributed by atoms with Gasteiger partial charge in [0.1, 0.15) is 0 Å². The zero-order valence-corrected chi connectivity index (χ0v) is 14.0. The van der Waals surface area contributed by atoms with Crippen LogP contribution in [0.2, 0.25) is 10.0 Å². The minimum Gasteiger partial charge on any atom is -0.381 e. The highest BCUT2D eigenvalue weighted by Gasteiger charge is 2.17. The Bertz CT molecular complexity index is 450. The molecule has 118 valence electrons. The molecule has 5 heteroatoms. The van der Waals surface area contributed by atoms with E-state index in [2.05, 4.69) is 11.9 Å². The summed E-state index contributed by atoms with van der Waals surface area (Å²) in [5.74, 6) is 0.745. The van der Waals surface area contributed by atoms with Crippen LogP contribution in [-0.4, -0.2) is 38.3 Å². The first-order valence-corrected chi connectivity index (χ1v) is 8.29. The molecule has 1 unspecified atom stereocenters. The highest BCUT2D eigenvalue weighted by atomic mass is 35.5. The predicted octanol–water partition coefficient (Wildman–Crippen LogP) is 3.74. The average molecular weight is 331 g/mol. The van der Waals surface area contributed by atoms with E-state index in [0.29, 0.717) is 10.0 Å². The maximum absolute atomic E-state index is 6.26. The van der Waals surface area contributed by atoms with Crippen molar-refractivity contribution in [3.05, 3.63) is 33.8 Å². The second-order valence-corrected chi connectivity index (χ2v) is 6.64. The summed E-state index contributed by atoms with van der Waals surface area (Å²) < 4.78 is 5.40. The van der Waals surface area contributed by atoms with Crippen molar-refractivity contribution in [2.45, 2.75) is 25.3 Å². The normalized spacial score (nSPS) is 18.1. The topological polar surface area (TPSA) is 38.5 Å². The third kappa shape index (κ3) is 5.11. The molecule has 21 heavy (non-hydrogen) atoms. The lowest BCUT2D eigenvalue weighted by Crippen LogP contribution is -2.31. The van der Waals surface area contributed by atoms with E-state index in [1.54, 1.807) is 6.07 Å². The third-order valence-corrected chi connectivity index (χ3v) is 4.95. The van der Waals surface area contributed by atoms with Crippen LogP contribution in [0.5, 0.6) is 0 Å². The summed E-state index contributed by atoms with van der Waals surface area (Å²) >= 11 is 12.3. The first-order chi connectivity index (χ1) is 10.1. The van der Waals surface area contributed by atoms with Crippen molar-refractivity contribution < 1.29 is 4.74 Å². The monoisotopic (exact) mass is 330 g/mol. The minimum atomic E-state index is -0.0756. The van der Waals surface area contributed by atoms with Crippen molar-refractivity contribution in [3.8, 4) is 0 Å². The zero-order valence-electron chi connectivity index (χ0n) is 12.5. The van der Waals surface area contributed by atoms with E-state index in [-0.39, 0.29) is 6.04 Å². The Morgan fingerprint density at radius 2 is 2.05 bits per heavy atom. The molecule has 1 aliphatic rings. The molecule has 1 atom stereocenters. The Hall–Kier alpha value is -0.320. The summed E-state index contributed by atoms with van der Waals surface area (Å²) in [6.45, 7) is 3.87. The van der Waals surface area contributed by atoms with E-state index in [4.69, 9.17) is 33.7 Å². The van der Waals surface area contributed by atoms with E-state index in [9.17, 15) is 0 Å². The highest BCUT2D eigenvalue weighted by molar-refractivity contribution is 6.42. The standard InChI is InChI=1S/C16H24Cl2N2O/c1-20(11-12-6-9-21-10-7-12)8-5-15(19)13-3-2-4-14(17)16(13)18/h2-4,12,15H,5-11,19H2,1H3. The predicted molar refractivity (Wildman–Crippen MR) is 89.0 cm³/mol. The number of halogens is 2. The SMILES string of the molecule is CN(CCC(N)c1cccc(Cl)c1Cl)CC1CCOCC1. The van der Waals surface area contributed by atoms with E-state index >= 15 is 0 Å². The van der Waals surface area contributed by atoms with Gasteiger partial charge in [-0.1, -0.05) is 35.3 Å². The van der Waals surface area contributed by atoms with Gasteiger partial charge >= 0.3 is 0 Å². The number of benzene rings is 1. The van der Waals surface area contributed by atoms with Crippen LogP contribution in [0.4, 0.5) is 0 Å². The van der Waals surface area contributed by atoms with Gasteiger partial charge in [-0.25, -0.2) is 0 Å². The second kappa shape index (κ2) is 8.35. The Morgan fingerprint density at radius 1 is 1.33 bits per heavy atom. The average Bonchev–Trinajstić information content (AvgIpc) is 2.48. The van der Waals surface area contributed by atoms with Gasteiger partial charge in [0, 0.05) is 25.8 Å². The zero-order chi connectivity index (χ0) is 15.2. The molecule has 2 N–H and O–H groups in total. The molecule has 3 nitrogen and oxygen atoms in total. The number of nitrogens with two attached hydrogens (primary N) is 1. The summed E-state index contributed by atoms with van der Waals surface area (Å²) in [5, 5.41) is 1.15. The van der Waals surface area contributed by atoms with Crippen LogP contribution in [0.15, 0.2) is 18.2 Å². The molecule has 0 spiro atoms. The Kier molecular flexibility index (Phi) is 6.77. The van der Waals surface area contributed by atoms with Crippen molar-refractivity contribution >= 4 is 23.2 Å². The molecular formula is C16H24Cl2N2O. The quantitative estimate of drug-likeness (QED) is 0.863. The van der Waals surface area contributed by atoms with Gasteiger partial charge in [0.15, 0.2) is 0 Å². The molecule has 1 aromatic rings. The maximum Gasteiger partial charge on any atom is 0.0640 e. The van der Waals surface area contributed by atoms with Crippen molar-refractivity contribution in [2.24, 2.45) is 11.7 Å². The third-order valence-electron chi connectivity index (χ3n) is 4.11. The summed E-state index contributed by atoms with van der Waals surface area (Å²) in [7, 11) is 2.15. The first kappa shape index (κ1) is 17.0. The molecule has 0 bridgehead atoms. The van der Waals surface area contributed by atoms with Gasteiger partial charge in [-0.05, 0) is 50.4 Å². The van der Waals surface area contributed by atoms with Crippen molar-refractivity contribution in [1.29, 1.82) is 0 Å². The van der Waals surface area contributed by atoms with E-state index in [1.165, 1.54) is 0 Å². The molecule has 0 aromatic heterocycles. The number of rotatable bonds is 6. The summed E-state index contributed by atoms with van der Waals surface area (Å²) in [6.07, 6.45) is 3.20. The van der Waals surface area contributed by atoms with Gasteiger partial charge in [0.05, 0.1) is 10.0 Å². The lowest BCUT2D eigenvalue weighted by atomic mass is 9.99. The summed E-state index contributed by atoms with van der Waals surface area (Å²) in [5.41, 5.74) is 7.19. The highest BCUT2D eigenvalue weighted by Crippen LogP contribution is 2.30. The van der Waals surface area contributed by atoms with Crippen LogP contribution in [-0.2, 0) is 4.74 Å². The van der Waals surface area contributed by atoms with E-state index in [0.717, 1.165) is 57.0 Å². The smallest absolute Gasteiger partial charge is 0.0640 e. The molecule has 0 saturated carbocycles. The molecule has 1 fully saturated rings. The lowest BCUT2D eigenvalue weighted by Gasteiger charge is -2.27. The fourth-order valence-electron chi connectivity index (χ4n) is 2.78. The van der Waals surface area contributed by atoms with Crippen molar-refractivity contribution in [1.82, 2.24) is 4.90 Å². The molecule has 0 amide bonds. The van der Waals surface area contributed by atoms with Crippen LogP contribution < -0.4 is 5.73 Å². The van der Waals surface area contributed by atoms with Crippen LogP contribution in [0.25, 0.3) is 0 Å². The van der Waals surface area contributed by atoms with Gasteiger partial charge in [-0.2, -0.15) is 0 Å². The summed E-state index contributed by atoms with van der Waals surface area (Å²) in [4.78, 5) is 2.36. The molecule has 0 radical (unpaired) electrons. The van der Waals surface area contributed by atoms with Gasteiger partial charge in [0.25, 0.3) is 0 Å².